The quantitative estimate of drug-likeness (QED) is 0.586. The Labute approximate surface area is 187 Å². The van der Waals surface area contributed by atoms with Crippen LogP contribution in [-0.4, -0.2) is 65.3 Å². The van der Waals surface area contributed by atoms with Crippen molar-refractivity contribution in [3.63, 3.8) is 0 Å². The van der Waals surface area contributed by atoms with E-state index in [1.807, 2.05) is 6.07 Å². The first-order valence-electron chi connectivity index (χ1n) is 10.0. The lowest BCUT2D eigenvalue weighted by molar-refractivity contribution is 0.0994. The van der Waals surface area contributed by atoms with Gasteiger partial charge in [-0.2, -0.15) is 0 Å². The van der Waals surface area contributed by atoms with Gasteiger partial charge in [-0.1, -0.05) is 11.3 Å². The molecule has 2 aliphatic rings. The van der Waals surface area contributed by atoms with Gasteiger partial charge in [0.25, 0.3) is 11.8 Å². The summed E-state index contributed by atoms with van der Waals surface area (Å²) in [5, 5.41) is 14.8. The van der Waals surface area contributed by atoms with E-state index in [9.17, 15) is 9.59 Å². The van der Waals surface area contributed by atoms with Crippen LogP contribution in [0.25, 0.3) is 0 Å². The second-order valence-corrected chi connectivity index (χ2v) is 8.20. The fourth-order valence-electron chi connectivity index (χ4n) is 3.70. The van der Waals surface area contributed by atoms with Crippen molar-refractivity contribution in [1.29, 1.82) is 0 Å². The van der Waals surface area contributed by atoms with Crippen molar-refractivity contribution >= 4 is 39.7 Å². The highest BCUT2D eigenvalue weighted by atomic mass is 32.1. The van der Waals surface area contributed by atoms with E-state index >= 15 is 0 Å². The lowest BCUT2D eigenvalue weighted by atomic mass is 10.2. The smallest absolute Gasteiger partial charge is 0.286 e. The number of ether oxygens (including phenoxy) is 1. The molecule has 2 N–H and O–H groups in total. The number of piperazine rings is 1. The lowest BCUT2D eigenvalue weighted by Gasteiger charge is -2.30. The fourth-order valence-corrected chi connectivity index (χ4v) is 4.44. The molecule has 0 unspecified atom stereocenters. The van der Waals surface area contributed by atoms with Crippen LogP contribution < -0.4 is 25.2 Å². The van der Waals surface area contributed by atoms with Crippen LogP contribution in [0.15, 0.2) is 30.7 Å². The summed E-state index contributed by atoms with van der Waals surface area (Å²) < 4.78 is 5.10. The van der Waals surface area contributed by atoms with E-state index in [4.69, 9.17) is 4.74 Å². The van der Waals surface area contributed by atoms with E-state index in [2.05, 4.69) is 35.7 Å². The van der Waals surface area contributed by atoms with Crippen LogP contribution in [0.1, 0.15) is 25.7 Å². The van der Waals surface area contributed by atoms with E-state index in [-0.39, 0.29) is 10.9 Å². The average molecular weight is 453 g/mol. The van der Waals surface area contributed by atoms with Crippen molar-refractivity contribution in [2.24, 2.45) is 0 Å². The number of pyridine rings is 2. The zero-order chi connectivity index (χ0) is 22.1. The number of nitrogens with one attached hydrogen (secondary N) is 2. The van der Waals surface area contributed by atoms with Gasteiger partial charge >= 0.3 is 0 Å². The van der Waals surface area contributed by atoms with Crippen molar-refractivity contribution in [2.75, 3.05) is 48.4 Å². The molecule has 5 rings (SSSR count). The number of fused-ring (bicyclic) bond motifs is 1. The number of aromatic nitrogens is 4. The highest BCUT2D eigenvalue weighted by Crippen LogP contribution is 2.32. The summed E-state index contributed by atoms with van der Waals surface area (Å²) in [6.45, 7) is 3.75. The number of carbonyl (C=O) groups is 2. The molecule has 1 saturated heterocycles. The van der Waals surface area contributed by atoms with Crippen LogP contribution in [-0.2, 0) is 6.54 Å². The number of rotatable bonds is 5. The molecule has 0 atom stereocenters. The number of amides is 2. The number of anilines is 3. The molecule has 3 aromatic heterocycles. The second-order valence-electron chi connectivity index (χ2n) is 7.25. The van der Waals surface area contributed by atoms with Gasteiger partial charge < -0.3 is 20.3 Å². The number of methoxy groups -OCH3 is 1. The van der Waals surface area contributed by atoms with Crippen LogP contribution >= 0.6 is 11.3 Å². The zero-order valence-corrected chi connectivity index (χ0v) is 18.1. The molecule has 2 aliphatic heterocycles. The molecule has 12 heteroatoms. The summed E-state index contributed by atoms with van der Waals surface area (Å²) in [5.41, 5.74) is 2.80. The van der Waals surface area contributed by atoms with Crippen molar-refractivity contribution in [1.82, 2.24) is 25.5 Å². The van der Waals surface area contributed by atoms with Crippen LogP contribution in [0.5, 0.6) is 5.88 Å². The molecule has 3 aromatic rings. The van der Waals surface area contributed by atoms with Crippen molar-refractivity contribution in [3.05, 3.63) is 46.9 Å². The predicted molar refractivity (Wildman–Crippen MR) is 118 cm³/mol. The number of carbonyl (C=O) groups excluding carboxylic acids is 2. The molecule has 0 radical (unpaired) electrons. The van der Waals surface area contributed by atoms with E-state index in [0.29, 0.717) is 28.8 Å². The first-order valence-corrected chi connectivity index (χ1v) is 10.8. The van der Waals surface area contributed by atoms with Gasteiger partial charge in [-0.15, -0.1) is 10.2 Å². The van der Waals surface area contributed by atoms with Gasteiger partial charge in [0.2, 0.25) is 16.0 Å². The van der Waals surface area contributed by atoms with Crippen molar-refractivity contribution in [2.45, 2.75) is 6.54 Å². The molecule has 0 bridgehead atoms. The van der Waals surface area contributed by atoms with Crippen LogP contribution in [0, 0.1) is 0 Å². The largest absolute Gasteiger partial charge is 0.481 e. The lowest BCUT2D eigenvalue weighted by Crippen LogP contribution is -2.43. The Bertz CT molecular complexity index is 1180. The minimum atomic E-state index is -0.398. The highest BCUT2D eigenvalue weighted by molar-refractivity contribution is 7.17. The van der Waals surface area contributed by atoms with Gasteiger partial charge in [0, 0.05) is 50.2 Å². The molecule has 164 valence electrons. The Kier molecular flexibility index (Phi) is 5.37. The van der Waals surface area contributed by atoms with Crippen LogP contribution in [0.2, 0.25) is 0 Å². The Balaban J connectivity index is 1.33. The first-order chi connectivity index (χ1) is 15.6. The van der Waals surface area contributed by atoms with Gasteiger partial charge in [-0.3, -0.25) is 19.5 Å². The molecule has 11 nitrogen and oxygen atoms in total. The molecule has 0 spiro atoms. The minimum absolute atomic E-state index is 0.162. The summed E-state index contributed by atoms with van der Waals surface area (Å²) in [6, 6.07) is 3.49. The SMILES string of the molecule is COc1cc2c(cn1)CN(c1nnc(C(=O)Nc3cnccc3N3CCNCC3)s1)C2=O. The summed E-state index contributed by atoms with van der Waals surface area (Å²) >= 11 is 1.06. The number of hydrogen-bond donors (Lipinski definition) is 2. The number of nitrogens with zero attached hydrogens (tertiary/aromatic N) is 6. The first kappa shape index (κ1) is 20.3. The molecule has 0 saturated carbocycles. The van der Waals surface area contributed by atoms with E-state index < -0.39 is 5.91 Å². The summed E-state index contributed by atoms with van der Waals surface area (Å²) in [7, 11) is 1.50. The zero-order valence-electron chi connectivity index (χ0n) is 17.2. The topological polar surface area (TPSA) is 125 Å². The van der Waals surface area contributed by atoms with Gasteiger partial charge in [-0.05, 0) is 6.07 Å². The molecule has 1 fully saturated rings. The van der Waals surface area contributed by atoms with Crippen molar-refractivity contribution < 1.29 is 14.3 Å². The third-order valence-corrected chi connectivity index (χ3v) is 6.26. The Morgan fingerprint density at radius 3 is 2.91 bits per heavy atom. The van der Waals surface area contributed by atoms with Crippen LogP contribution in [0.4, 0.5) is 16.5 Å². The summed E-state index contributed by atoms with van der Waals surface area (Å²) in [5.74, 6) is -0.254. The summed E-state index contributed by atoms with van der Waals surface area (Å²) in [4.78, 5) is 37.7. The second kappa shape index (κ2) is 8.48. The monoisotopic (exact) mass is 452 g/mol. The maximum absolute atomic E-state index is 12.9. The van der Waals surface area contributed by atoms with E-state index in [1.165, 1.54) is 12.0 Å². The number of hydrogen-bond acceptors (Lipinski definition) is 10. The van der Waals surface area contributed by atoms with Gasteiger partial charge in [0.05, 0.1) is 36.8 Å². The highest BCUT2D eigenvalue weighted by Gasteiger charge is 2.32. The van der Waals surface area contributed by atoms with E-state index in [1.54, 1.807) is 24.7 Å². The molecule has 5 heterocycles. The minimum Gasteiger partial charge on any atom is -0.481 e. The van der Waals surface area contributed by atoms with Crippen molar-refractivity contribution in [3.8, 4) is 5.88 Å². The molecule has 0 aromatic carbocycles. The molecular weight excluding hydrogens is 432 g/mol. The third kappa shape index (κ3) is 3.74. The fraction of sp³-hybridized carbons (Fsp3) is 0.300. The Morgan fingerprint density at radius 2 is 2.09 bits per heavy atom. The van der Waals surface area contributed by atoms with Gasteiger partial charge in [-0.25, -0.2) is 4.98 Å². The average Bonchev–Trinajstić information content (AvgIpc) is 3.45. The maximum atomic E-state index is 12.9. The standard InChI is InChI=1S/C20H20N8O3S/c1-31-16-8-13-12(9-23-16)11-28(19(13)30)20-26-25-18(32-20)17(29)24-14-10-22-3-2-15(14)27-6-4-21-5-7-27/h2-3,8-10,21H,4-7,11H2,1H3,(H,24,29). The molecule has 32 heavy (non-hydrogen) atoms. The molecule has 0 aliphatic carbocycles. The predicted octanol–water partition coefficient (Wildman–Crippen LogP) is 1.16. The Hall–Kier alpha value is -3.64. The molecule has 2 amide bonds. The third-order valence-electron chi connectivity index (χ3n) is 5.32. The normalized spacial score (nSPS) is 15.6. The maximum Gasteiger partial charge on any atom is 0.286 e. The van der Waals surface area contributed by atoms with E-state index in [0.717, 1.165) is 48.8 Å². The van der Waals surface area contributed by atoms with Gasteiger partial charge in [0.1, 0.15) is 0 Å². The summed E-state index contributed by atoms with van der Waals surface area (Å²) in [6.07, 6.45) is 4.94. The Morgan fingerprint density at radius 1 is 1.25 bits per heavy atom. The van der Waals surface area contributed by atoms with Crippen LogP contribution in [0.3, 0.4) is 0 Å². The van der Waals surface area contributed by atoms with Gasteiger partial charge in [0.15, 0.2) is 0 Å². The molecular formula is C20H20N8O3S.